The predicted molar refractivity (Wildman–Crippen MR) is 50.4 cm³/mol. The molecule has 2 rings (SSSR count). The number of hydrogen-bond acceptors (Lipinski definition) is 2. The summed E-state index contributed by atoms with van der Waals surface area (Å²) in [6.07, 6.45) is 5.13. The van der Waals surface area contributed by atoms with Crippen LogP contribution in [0.3, 0.4) is 0 Å². The zero-order valence-corrected chi connectivity index (χ0v) is 9.25. The van der Waals surface area contributed by atoms with Crippen LogP contribution in [0.25, 0.3) is 11.0 Å². The summed E-state index contributed by atoms with van der Waals surface area (Å²) in [6, 6.07) is 8.90. The van der Waals surface area contributed by atoms with Gasteiger partial charge in [0.2, 0.25) is 0 Å². The largest absolute Gasteiger partial charge is 0.422 e. The Bertz CT molecular complexity index is 549. The van der Waals surface area contributed by atoms with Gasteiger partial charge in [-0.3, -0.25) is 0 Å². The van der Waals surface area contributed by atoms with Crippen LogP contribution in [0.15, 0.2) is 39.5 Å². The molecule has 0 spiro atoms. The number of terminal acetylenes is 1. The van der Waals surface area contributed by atoms with E-state index in [4.69, 9.17) is 10.8 Å². The molecule has 0 amide bonds. The summed E-state index contributed by atoms with van der Waals surface area (Å²) in [5, 5.41) is 0.843. The van der Waals surface area contributed by atoms with E-state index in [9.17, 15) is 4.79 Å². The zero-order valence-electron chi connectivity index (χ0n) is 7.08. The second-order valence-electron chi connectivity index (χ2n) is 2.63. The first-order chi connectivity index (χ1) is 6.31. The van der Waals surface area contributed by atoms with Gasteiger partial charge in [-0.25, -0.2) is 4.79 Å². The van der Waals surface area contributed by atoms with E-state index in [0.717, 1.165) is 5.39 Å². The molecule has 0 fully saturated rings. The van der Waals surface area contributed by atoms with Crippen molar-refractivity contribution in [1.82, 2.24) is 0 Å². The van der Waals surface area contributed by atoms with Crippen molar-refractivity contribution in [2.45, 2.75) is 0 Å². The van der Waals surface area contributed by atoms with Crippen molar-refractivity contribution in [2.24, 2.45) is 0 Å². The minimum absolute atomic E-state index is 0. The van der Waals surface area contributed by atoms with E-state index in [1.54, 1.807) is 18.2 Å². The molecular formula is C11H6AuO2. The maximum absolute atomic E-state index is 11.2. The van der Waals surface area contributed by atoms with E-state index in [1.807, 2.05) is 12.1 Å². The number of hydrogen-bond donors (Lipinski definition) is 0. The second-order valence-corrected chi connectivity index (χ2v) is 2.63. The van der Waals surface area contributed by atoms with Gasteiger partial charge in [-0.1, -0.05) is 24.1 Å². The molecule has 1 heterocycles. The molecule has 1 aromatic carbocycles. The Balaban J connectivity index is 0.000000980. The summed E-state index contributed by atoms with van der Waals surface area (Å²) >= 11 is 0. The van der Waals surface area contributed by atoms with Gasteiger partial charge in [0.15, 0.2) is 0 Å². The standard InChI is InChI=1S/C11H6O2.Au/c1-2-8-7-9-5-3-4-6-10(9)13-11(8)12;/h1,3-7H;. The van der Waals surface area contributed by atoms with Crippen molar-refractivity contribution in [3.05, 3.63) is 46.3 Å². The van der Waals surface area contributed by atoms with Gasteiger partial charge in [0, 0.05) is 27.8 Å². The van der Waals surface area contributed by atoms with Crippen molar-refractivity contribution >= 4 is 11.0 Å². The van der Waals surface area contributed by atoms with Crippen molar-refractivity contribution in [2.75, 3.05) is 0 Å². The van der Waals surface area contributed by atoms with E-state index < -0.39 is 5.63 Å². The third kappa shape index (κ3) is 1.80. The minimum Gasteiger partial charge on any atom is -0.422 e. The Morgan fingerprint density at radius 2 is 2.00 bits per heavy atom. The number of rotatable bonds is 0. The molecule has 0 unspecified atom stereocenters. The molecule has 0 bridgehead atoms. The van der Waals surface area contributed by atoms with Crippen LogP contribution < -0.4 is 5.63 Å². The smallest absolute Gasteiger partial charge is 0.352 e. The van der Waals surface area contributed by atoms with Gasteiger partial charge in [-0.05, 0) is 12.1 Å². The Morgan fingerprint density at radius 3 is 2.71 bits per heavy atom. The van der Waals surface area contributed by atoms with Crippen molar-refractivity contribution < 1.29 is 26.8 Å². The third-order valence-corrected chi connectivity index (χ3v) is 1.80. The molecule has 0 saturated carbocycles. The van der Waals surface area contributed by atoms with Crippen molar-refractivity contribution in [1.29, 1.82) is 0 Å². The fourth-order valence-electron chi connectivity index (χ4n) is 1.16. The zero-order chi connectivity index (χ0) is 9.26. The monoisotopic (exact) mass is 367 g/mol. The molecule has 0 atom stereocenters. The Hall–Kier alpha value is -1.27. The number of fused-ring (bicyclic) bond motifs is 1. The molecule has 14 heavy (non-hydrogen) atoms. The summed E-state index contributed by atoms with van der Waals surface area (Å²) in [5.74, 6) is 2.28. The molecule has 0 saturated heterocycles. The summed E-state index contributed by atoms with van der Waals surface area (Å²) in [5.41, 5.74) is 0.367. The molecule has 0 N–H and O–H groups in total. The molecule has 0 aliphatic rings. The van der Waals surface area contributed by atoms with Crippen LogP contribution in [0.1, 0.15) is 5.56 Å². The summed E-state index contributed by atoms with van der Waals surface area (Å²) in [6.45, 7) is 0. The van der Waals surface area contributed by atoms with Crippen LogP contribution in [-0.2, 0) is 22.4 Å². The predicted octanol–water partition coefficient (Wildman–Crippen LogP) is 1.77. The summed E-state index contributed by atoms with van der Waals surface area (Å²) < 4.78 is 4.99. The first-order valence-corrected chi connectivity index (χ1v) is 3.81. The van der Waals surface area contributed by atoms with Gasteiger partial charge < -0.3 is 4.42 Å². The molecule has 2 aromatic rings. The van der Waals surface area contributed by atoms with Gasteiger partial charge in [0.25, 0.3) is 0 Å². The third-order valence-electron chi connectivity index (χ3n) is 1.80. The maximum atomic E-state index is 11.2. The van der Waals surface area contributed by atoms with Gasteiger partial charge in [0.1, 0.15) is 11.1 Å². The Kier molecular flexibility index (Phi) is 3.32. The number of para-hydroxylation sites is 1. The van der Waals surface area contributed by atoms with E-state index >= 15 is 0 Å². The van der Waals surface area contributed by atoms with Crippen LogP contribution in [0, 0.1) is 12.3 Å². The Labute approximate surface area is 96.4 Å². The minimum atomic E-state index is -0.457. The first kappa shape index (κ1) is 10.8. The van der Waals surface area contributed by atoms with Crippen LogP contribution in [0.2, 0.25) is 0 Å². The topological polar surface area (TPSA) is 30.2 Å². The Morgan fingerprint density at radius 1 is 1.29 bits per heavy atom. The quantitative estimate of drug-likeness (QED) is 0.404. The van der Waals surface area contributed by atoms with Gasteiger partial charge >= 0.3 is 5.63 Å². The first-order valence-electron chi connectivity index (χ1n) is 3.81. The average Bonchev–Trinajstić information content (AvgIpc) is 2.17. The fourth-order valence-corrected chi connectivity index (χ4v) is 1.16. The molecule has 1 radical (unpaired) electrons. The van der Waals surface area contributed by atoms with E-state index in [-0.39, 0.29) is 27.9 Å². The fraction of sp³-hybridized carbons (Fsp3) is 0. The van der Waals surface area contributed by atoms with E-state index in [2.05, 4.69) is 5.92 Å². The summed E-state index contributed by atoms with van der Waals surface area (Å²) in [7, 11) is 0. The maximum Gasteiger partial charge on any atom is 0.352 e. The second kappa shape index (κ2) is 4.30. The van der Waals surface area contributed by atoms with Crippen LogP contribution in [0.4, 0.5) is 0 Å². The average molecular weight is 367 g/mol. The van der Waals surface area contributed by atoms with Crippen LogP contribution in [-0.4, -0.2) is 0 Å². The van der Waals surface area contributed by atoms with Crippen molar-refractivity contribution in [3.8, 4) is 12.3 Å². The molecule has 0 aliphatic heterocycles. The summed E-state index contributed by atoms with van der Waals surface area (Å²) in [4.78, 5) is 11.2. The SMILES string of the molecule is C#Cc1cc2ccccc2oc1=O.[Au]. The molecule has 0 aliphatic carbocycles. The van der Waals surface area contributed by atoms with Crippen LogP contribution in [0.5, 0.6) is 0 Å². The molecule has 3 heteroatoms. The molecule has 1 aromatic heterocycles. The van der Waals surface area contributed by atoms with Gasteiger partial charge in [-0.15, -0.1) is 6.42 Å². The van der Waals surface area contributed by atoms with E-state index in [0.29, 0.717) is 5.58 Å². The van der Waals surface area contributed by atoms with Gasteiger partial charge in [-0.2, -0.15) is 0 Å². The number of benzene rings is 1. The van der Waals surface area contributed by atoms with Crippen LogP contribution >= 0.6 is 0 Å². The molecular weight excluding hydrogens is 361 g/mol. The van der Waals surface area contributed by atoms with Crippen molar-refractivity contribution in [3.63, 3.8) is 0 Å². The van der Waals surface area contributed by atoms with E-state index in [1.165, 1.54) is 0 Å². The normalized spacial score (nSPS) is 9.07. The molecule has 2 nitrogen and oxygen atoms in total. The molecule has 73 valence electrons. The van der Waals surface area contributed by atoms with Gasteiger partial charge in [0.05, 0.1) is 0 Å².